The van der Waals surface area contributed by atoms with Gasteiger partial charge < -0.3 is 4.42 Å². The zero-order valence-corrected chi connectivity index (χ0v) is 27.5. The summed E-state index contributed by atoms with van der Waals surface area (Å²) >= 11 is 0. The van der Waals surface area contributed by atoms with Crippen molar-refractivity contribution in [2.24, 2.45) is 0 Å². The summed E-state index contributed by atoms with van der Waals surface area (Å²) < 4.78 is 6.66. The first-order valence-corrected chi connectivity index (χ1v) is 17.1. The lowest BCUT2D eigenvalue weighted by atomic mass is 9.90. The minimum absolute atomic E-state index is 0.640. The van der Waals surface area contributed by atoms with Gasteiger partial charge in [-0.2, -0.15) is 0 Å². The lowest BCUT2D eigenvalue weighted by Crippen LogP contribution is -2.00. The molecular weight excluding hydrogens is 623 g/mol. The molecule has 10 aromatic rings. The minimum atomic E-state index is 0.640. The Morgan fingerprint density at radius 1 is 0.294 bits per heavy atom. The molecule has 0 aliphatic carbocycles. The van der Waals surface area contributed by atoms with Gasteiger partial charge in [-0.1, -0.05) is 152 Å². The molecule has 2 aromatic heterocycles. The molecule has 0 radical (unpaired) electrons. The highest BCUT2D eigenvalue weighted by molar-refractivity contribution is 6.21. The van der Waals surface area contributed by atoms with Gasteiger partial charge in [-0.25, -0.2) is 15.0 Å². The second-order valence-corrected chi connectivity index (χ2v) is 12.8. The van der Waals surface area contributed by atoms with Crippen molar-refractivity contribution in [1.29, 1.82) is 0 Å². The van der Waals surface area contributed by atoms with E-state index in [0.717, 1.165) is 76.9 Å². The maximum Gasteiger partial charge on any atom is 0.164 e. The van der Waals surface area contributed by atoms with Gasteiger partial charge in [0.1, 0.15) is 11.2 Å². The summed E-state index contributed by atoms with van der Waals surface area (Å²) in [5.74, 6) is 1.93. The molecule has 51 heavy (non-hydrogen) atoms. The molecule has 2 heterocycles. The molecule has 238 valence electrons. The number of benzene rings is 8. The van der Waals surface area contributed by atoms with E-state index in [0.29, 0.717) is 17.5 Å². The zero-order valence-electron chi connectivity index (χ0n) is 27.5. The van der Waals surface area contributed by atoms with Crippen LogP contribution in [-0.2, 0) is 0 Å². The summed E-state index contributed by atoms with van der Waals surface area (Å²) in [5, 5.41) is 6.64. The first kappa shape index (κ1) is 29.0. The third-order valence-corrected chi connectivity index (χ3v) is 9.74. The lowest BCUT2D eigenvalue weighted by Gasteiger charge is -2.15. The Balaban J connectivity index is 1.19. The summed E-state index contributed by atoms with van der Waals surface area (Å²) in [6.45, 7) is 0. The van der Waals surface area contributed by atoms with Gasteiger partial charge >= 0.3 is 0 Å². The Morgan fingerprint density at radius 3 is 1.41 bits per heavy atom. The maximum atomic E-state index is 6.66. The molecule has 0 aliphatic heterocycles. The molecule has 0 fully saturated rings. The van der Waals surface area contributed by atoms with Crippen molar-refractivity contribution in [3.63, 3.8) is 0 Å². The van der Waals surface area contributed by atoms with E-state index in [9.17, 15) is 0 Å². The second kappa shape index (κ2) is 11.9. The Bertz CT molecular complexity index is 2840. The van der Waals surface area contributed by atoms with Crippen molar-refractivity contribution in [2.45, 2.75) is 0 Å². The smallest absolute Gasteiger partial charge is 0.164 e. The van der Waals surface area contributed by atoms with E-state index in [1.807, 2.05) is 66.7 Å². The van der Waals surface area contributed by atoms with Crippen LogP contribution in [0.25, 0.3) is 99.9 Å². The van der Waals surface area contributed by atoms with Crippen molar-refractivity contribution in [3.05, 3.63) is 176 Å². The van der Waals surface area contributed by atoms with Crippen LogP contribution in [0.4, 0.5) is 0 Å². The lowest BCUT2D eigenvalue weighted by molar-refractivity contribution is 0.673. The van der Waals surface area contributed by atoms with Gasteiger partial charge in [-0.05, 0) is 62.7 Å². The van der Waals surface area contributed by atoms with Crippen LogP contribution in [0.1, 0.15) is 0 Å². The van der Waals surface area contributed by atoms with E-state index < -0.39 is 0 Å². The first-order chi connectivity index (χ1) is 25.3. The van der Waals surface area contributed by atoms with E-state index in [2.05, 4.69) is 109 Å². The summed E-state index contributed by atoms with van der Waals surface area (Å²) in [4.78, 5) is 15.0. The first-order valence-electron chi connectivity index (χ1n) is 17.1. The monoisotopic (exact) mass is 651 g/mol. The predicted octanol–water partition coefficient (Wildman–Crippen LogP) is 12.4. The molecule has 8 aromatic carbocycles. The third kappa shape index (κ3) is 4.96. The van der Waals surface area contributed by atoms with Gasteiger partial charge in [0.05, 0.1) is 0 Å². The minimum Gasteiger partial charge on any atom is -0.455 e. The van der Waals surface area contributed by atoms with Crippen LogP contribution < -0.4 is 0 Å². The number of hydrogen-bond donors (Lipinski definition) is 0. The topological polar surface area (TPSA) is 51.8 Å². The highest BCUT2D eigenvalue weighted by Gasteiger charge is 2.19. The predicted molar refractivity (Wildman–Crippen MR) is 209 cm³/mol. The van der Waals surface area contributed by atoms with Crippen LogP contribution in [0, 0.1) is 0 Å². The quantitative estimate of drug-likeness (QED) is 0.186. The van der Waals surface area contributed by atoms with E-state index in [4.69, 9.17) is 19.4 Å². The molecule has 0 saturated carbocycles. The summed E-state index contributed by atoms with van der Waals surface area (Å²) in [7, 11) is 0. The molecule has 0 spiro atoms. The molecule has 0 unspecified atom stereocenters. The second-order valence-electron chi connectivity index (χ2n) is 12.8. The summed E-state index contributed by atoms with van der Waals surface area (Å²) in [6, 6.07) is 61.0. The van der Waals surface area contributed by atoms with Crippen molar-refractivity contribution in [3.8, 4) is 56.4 Å². The highest BCUT2D eigenvalue weighted by Crippen LogP contribution is 2.43. The summed E-state index contributed by atoms with van der Waals surface area (Å²) in [5.41, 5.74) is 9.24. The average Bonchev–Trinajstić information content (AvgIpc) is 3.59. The molecule has 4 heteroatoms. The SMILES string of the molecule is c1ccc(-c2ccc3c(c2)oc2c4ccccc4c(-c4ccc(-c5nc(-c6ccccc6)nc(-c6ccccc6)n5)c5ccccc45)cc32)cc1. The normalized spacial score (nSPS) is 11.5. The molecule has 10 rings (SSSR count). The van der Waals surface area contributed by atoms with E-state index in [1.165, 1.54) is 5.56 Å². The number of rotatable bonds is 5. The fourth-order valence-corrected chi connectivity index (χ4v) is 7.29. The van der Waals surface area contributed by atoms with E-state index in [-0.39, 0.29) is 0 Å². The van der Waals surface area contributed by atoms with Crippen LogP contribution in [0.3, 0.4) is 0 Å². The van der Waals surface area contributed by atoms with Crippen LogP contribution in [-0.4, -0.2) is 15.0 Å². The molecule has 0 bridgehead atoms. The number of nitrogens with zero attached hydrogens (tertiary/aromatic N) is 3. The average molecular weight is 652 g/mol. The Labute approximate surface area is 294 Å². The fourth-order valence-electron chi connectivity index (χ4n) is 7.29. The van der Waals surface area contributed by atoms with E-state index in [1.54, 1.807) is 0 Å². The van der Waals surface area contributed by atoms with Gasteiger partial charge in [0.25, 0.3) is 0 Å². The number of aromatic nitrogens is 3. The van der Waals surface area contributed by atoms with Crippen LogP contribution in [0.15, 0.2) is 180 Å². The van der Waals surface area contributed by atoms with Crippen LogP contribution in [0.2, 0.25) is 0 Å². The standard InChI is InChI=1S/C47H29N3O/c1-4-14-30(15-5-1)33-24-25-38-42-29-41(36-22-12-13-23-39(36)44(42)51-43(38)28-33)37-26-27-40(35-21-11-10-20-34(35)37)47-49-45(31-16-6-2-7-17-31)48-46(50-47)32-18-8-3-9-19-32/h1-29H. The highest BCUT2D eigenvalue weighted by atomic mass is 16.3. The van der Waals surface area contributed by atoms with Crippen LogP contribution >= 0.6 is 0 Å². The molecule has 0 saturated heterocycles. The molecule has 0 amide bonds. The largest absolute Gasteiger partial charge is 0.455 e. The van der Waals surface area contributed by atoms with Gasteiger partial charge in [0.15, 0.2) is 17.5 Å². The molecule has 0 atom stereocenters. The van der Waals surface area contributed by atoms with Crippen molar-refractivity contribution < 1.29 is 4.42 Å². The van der Waals surface area contributed by atoms with Gasteiger partial charge in [0.2, 0.25) is 0 Å². The number of fused-ring (bicyclic) bond motifs is 6. The van der Waals surface area contributed by atoms with Crippen molar-refractivity contribution in [2.75, 3.05) is 0 Å². The molecule has 4 nitrogen and oxygen atoms in total. The van der Waals surface area contributed by atoms with Gasteiger partial charge in [0, 0.05) is 32.8 Å². The molecule has 0 aliphatic rings. The van der Waals surface area contributed by atoms with Crippen LogP contribution in [0.5, 0.6) is 0 Å². The Morgan fingerprint density at radius 2 is 0.784 bits per heavy atom. The Kier molecular flexibility index (Phi) is 6.78. The van der Waals surface area contributed by atoms with E-state index >= 15 is 0 Å². The third-order valence-electron chi connectivity index (χ3n) is 9.74. The molecule has 0 N–H and O–H groups in total. The van der Waals surface area contributed by atoms with Crippen molar-refractivity contribution in [1.82, 2.24) is 15.0 Å². The number of furan rings is 1. The fraction of sp³-hybridized carbons (Fsp3) is 0. The number of hydrogen-bond acceptors (Lipinski definition) is 4. The maximum absolute atomic E-state index is 6.66. The Hall–Kier alpha value is -6.91. The van der Waals surface area contributed by atoms with Gasteiger partial charge in [-0.15, -0.1) is 0 Å². The van der Waals surface area contributed by atoms with Crippen molar-refractivity contribution >= 4 is 43.5 Å². The zero-order chi connectivity index (χ0) is 33.7. The van der Waals surface area contributed by atoms with Gasteiger partial charge in [-0.3, -0.25) is 0 Å². The molecular formula is C47H29N3O. The summed E-state index contributed by atoms with van der Waals surface area (Å²) in [6.07, 6.45) is 0.